The van der Waals surface area contributed by atoms with Crippen molar-refractivity contribution in [2.75, 3.05) is 0 Å². The van der Waals surface area contributed by atoms with E-state index in [0.717, 1.165) is 0 Å². The Hall–Kier alpha value is -1.53. The second kappa shape index (κ2) is 4.86. The van der Waals surface area contributed by atoms with E-state index < -0.39 is 23.6 Å². The average Bonchev–Trinajstić information content (AvgIpc) is 2.59. The molecule has 19 heavy (non-hydrogen) atoms. The molecule has 108 valence electrons. The van der Waals surface area contributed by atoms with Crippen LogP contribution in [-0.2, 0) is 12.6 Å². The van der Waals surface area contributed by atoms with Crippen LogP contribution in [0.3, 0.4) is 0 Å². The Balaban J connectivity index is 3.10. The number of aromatic nitrogens is 1. The Morgan fingerprint density at radius 2 is 1.89 bits per heavy atom. The third-order valence-electron chi connectivity index (χ3n) is 3.09. The summed E-state index contributed by atoms with van der Waals surface area (Å²) in [5, 5.41) is 8.70. The molecule has 7 heteroatoms. The second-order valence-electron chi connectivity index (χ2n) is 5.56. The lowest BCUT2D eigenvalue weighted by atomic mass is 9.80. The van der Waals surface area contributed by atoms with Crippen molar-refractivity contribution in [3.05, 3.63) is 17.3 Å². The number of aromatic carboxylic acids is 1. The van der Waals surface area contributed by atoms with Crippen LogP contribution in [0.4, 0.5) is 13.2 Å². The summed E-state index contributed by atoms with van der Waals surface area (Å²) >= 11 is 0. The number of hydrogen-bond donors (Lipinski definition) is 1. The molecule has 0 fully saturated rings. The number of carboxylic acids is 1. The summed E-state index contributed by atoms with van der Waals surface area (Å²) in [7, 11) is 0. The van der Waals surface area contributed by atoms with Crippen molar-refractivity contribution in [1.82, 2.24) is 4.98 Å². The highest BCUT2D eigenvalue weighted by Gasteiger charge is 2.41. The molecule has 1 atom stereocenters. The molecule has 0 saturated heterocycles. The number of halogens is 3. The molecule has 1 heterocycles. The Labute approximate surface area is 108 Å². The van der Waals surface area contributed by atoms with Crippen LogP contribution in [0.1, 0.15) is 49.8 Å². The maximum atomic E-state index is 12.6. The summed E-state index contributed by atoms with van der Waals surface area (Å²) in [6.45, 7) is 7.65. The quantitative estimate of drug-likeness (QED) is 0.917. The molecule has 0 aromatic carbocycles. The number of alkyl halides is 3. The van der Waals surface area contributed by atoms with Crippen LogP contribution in [0.2, 0.25) is 0 Å². The van der Waals surface area contributed by atoms with Crippen molar-refractivity contribution in [3.63, 3.8) is 0 Å². The number of carbonyl (C=O) groups is 1. The molecule has 1 aromatic heterocycles. The lowest BCUT2D eigenvalue weighted by molar-refractivity contribution is -0.141. The first-order valence-corrected chi connectivity index (χ1v) is 5.73. The second-order valence-corrected chi connectivity index (χ2v) is 5.56. The Morgan fingerprint density at radius 3 is 2.21 bits per heavy atom. The maximum Gasteiger partial charge on any atom is 0.437 e. The topological polar surface area (TPSA) is 63.3 Å². The largest absolute Gasteiger partial charge is 0.475 e. The highest BCUT2D eigenvalue weighted by molar-refractivity contribution is 5.85. The fourth-order valence-electron chi connectivity index (χ4n) is 1.36. The molecular formula is C12H16F3NO3. The van der Waals surface area contributed by atoms with Gasteiger partial charge in [0.2, 0.25) is 5.76 Å². The lowest BCUT2D eigenvalue weighted by Gasteiger charge is -2.25. The predicted octanol–water partition coefficient (Wildman–Crippen LogP) is 3.62. The first kappa shape index (κ1) is 15.5. The minimum absolute atomic E-state index is 0.00567. The molecule has 0 aliphatic carbocycles. The summed E-state index contributed by atoms with van der Waals surface area (Å²) in [5.41, 5.74) is -1.62. The lowest BCUT2D eigenvalue weighted by Crippen LogP contribution is -2.19. The van der Waals surface area contributed by atoms with Gasteiger partial charge in [-0.15, -0.1) is 0 Å². The monoisotopic (exact) mass is 279 g/mol. The molecule has 0 amide bonds. The van der Waals surface area contributed by atoms with Crippen LogP contribution in [0.5, 0.6) is 0 Å². The highest BCUT2D eigenvalue weighted by Crippen LogP contribution is 2.34. The predicted molar refractivity (Wildman–Crippen MR) is 60.8 cm³/mol. The van der Waals surface area contributed by atoms with Gasteiger partial charge in [-0.2, -0.15) is 13.2 Å². The summed E-state index contributed by atoms with van der Waals surface area (Å²) in [5.74, 6) is -3.13. The zero-order valence-corrected chi connectivity index (χ0v) is 11.1. The molecule has 1 unspecified atom stereocenters. The van der Waals surface area contributed by atoms with E-state index in [2.05, 4.69) is 4.98 Å². The van der Waals surface area contributed by atoms with Gasteiger partial charge in [0, 0.05) is 6.42 Å². The molecule has 0 aliphatic rings. The maximum absolute atomic E-state index is 12.6. The molecule has 0 spiro atoms. The fourth-order valence-corrected chi connectivity index (χ4v) is 1.36. The van der Waals surface area contributed by atoms with E-state index in [1.54, 1.807) is 0 Å². The van der Waals surface area contributed by atoms with Crippen molar-refractivity contribution >= 4 is 5.97 Å². The third-order valence-corrected chi connectivity index (χ3v) is 3.09. The number of carboxylic acid groups (broad SMARTS) is 1. The van der Waals surface area contributed by atoms with Gasteiger partial charge in [0.05, 0.1) is 0 Å². The molecule has 1 aromatic rings. The first-order chi connectivity index (χ1) is 8.43. The molecule has 0 radical (unpaired) electrons. The molecule has 0 aliphatic heterocycles. The normalized spacial score (nSPS) is 14.5. The van der Waals surface area contributed by atoms with Crippen molar-refractivity contribution in [2.24, 2.45) is 11.3 Å². The SMILES string of the molecule is CC(Cc1nc(C(F)(F)F)c(C(=O)O)o1)C(C)(C)C. The van der Waals surface area contributed by atoms with Gasteiger partial charge >= 0.3 is 12.1 Å². The summed E-state index contributed by atoms with van der Waals surface area (Å²) < 4.78 is 42.6. The number of rotatable bonds is 3. The standard InChI is InChI=1S/C12H16F3NO3/c1-6(11(2,3)4)5-7-16-9(12(13,14)15)8(19-7)10(17)18/h6H,5H2,1-4H3,(H,17,18). The molecule has 1 N–H and O–H groups in total. The van der Waals surface area contributed by atoms with Crippen molar-refractivity contribution < 1.29 is 27.5 Å². The van der Waals surface area contributed by atoms with Gasteiger partial charge in [0.15, 0.2) is 11.6 Å². The van der Waals surface area contributed by atoms with E-state index in [0.29, 0.717) is 0 Å². The summed E-state index contributed by atoms with van der Waals surface area (Å²) in [6, 6.07) is 0. The molecule has 0 saturated carbocycles. The minimum atomic E-state index is -4.83. The zero-order valence-electron chi connectivity index (χ0n) is 11.1. The molecule has 0 bridgehead atoms. The Morgan fingerprint density at radius 1 is 1.37 bits per heavy atom. The van der Waals surface area contributed by atoms with E-state index in [9.17, 15) is 18.0 Å². The molecule has 1 rings (SSSR count). The van der Waals surface area contributed by atoms with Gasteiger partial charge in [-0.3, -0.25) is 0 Å². The summed E-state index contributed by atoms with van der Waals surface area (Å²) in [4.78, 5) is 14.0. The number of oxazole rings is 1. The first-order valence-electron chi connectivity index (χ1n) is 5.73. The van der Waals surface area contributed by atoms with Crippen LogP contribution in [0, 0.1) is 11.3 Å². The third kappa shape index (κ3) is 3.71. The van der Waals surface area contributed by atoms with Crippen LogP contribution in [0.15, 0.2) is 4.42 Å². The smallest absolute Gasteiger partial charge is 0.437 e. The number of nitrogens with zero attached hydrogens (tertiary/aromatic N) is 1. The highest BCUT2D eigenvalue weighted by atomic mass is 19.4. The van der Waals surface area contributed by atoms with E-state index in [1.165, 1.54) is 0 Å². The van der Waals surface area contributed by atoms with Gasteiger partial charge in [0.25, 0.3) is 0 Å². The van der Waals surface area contributed by atoms with Gasteiger partial charge in [-0.1, -0.05) is 27.7 Å². The van der Waals surface area contributed by atoms with E-state index in [1.807, 2.05) is 27.7 Å². The average molecular weight is 279 g/mol. The van der Waals surface area contributed by atoms with Crippen LogP contribution >= 0.6 is 0 Å². The van der Waals surface area contributed by atoms with Crippen LogP contribution in [0.25, 0.3) is 0 Å². The van der Waals surface area contributed by atoms with Gasteiger partial charge in [-0.05, 0) is 11.3 Å². The molecule has 4 nitrogen and oxygen atoms in total. The van der Waals surface area contributed by atoms with Crippen molar-refractivity contribution in [3.8, 4) is 0 Å². The number of hydrogen-bond acceptors (Lipinski definition) is 3. The van der Waals surface area contributed by atoms with Crippen LogP contribution in [-0.4, -0.2) is 16.1 Å². The van der Waals surface area contributed by atoms with E-state index in [-0.39, 0.29) is 23.6 Å². The van der Waals surface area contributed by atoms with Gasteiger partial charge < -0.3 is 9.52 Å². The Kier molecular flexibility index (Phi) is 3.97. The zero-order chi connectivity index (χ0) is 15.0. The van der Waals surface area contributed by atoms with Gasteiger partial charge in [0.1, 0.15) is 0 Å². The van der Waals surface area contributed by atoms with E-state index >= 15 is 0 Å². The Bertz CT molecular complexity index is 472. The minimum Gasteiger partial charge on any atom is -0.475 e. The van der Waals surface area contributed by atoms with E-state index in [4.69, 9.17) is 9.52 Å². The van der Waals surface area contributed by atoms with Crippen molar-refractivity contribution in [2.45, 2.75) is 40.3 Å². The molecular weight excluding hydrogens is 263 g/mol. The summed E-state index contributed by atoms with van der Waals surface area (Å²) in [6.07, 6.45) is -4.68. The van der Waals surface area contributed by atoms with Crippen LogP contribution < -0.4 is 0 Å². The fraction of sp³-hybridized carbons (Fsp3) is 0.667. The van der Waals surface area contributed by atoms with Crippen molar-refractivity contribution in [1.29, 1.82) is 0 Å². The van der Waals surface area contributed by atoms with Gasteiger partial charge in [-0.25, -0.2) is 9.78 Å².